The Morgan fingerprint density at radius 2 is 1.58 bits per heavy atom. The van der Waals surface area contributed by atoms with Crippen molar-refractivity contribution in [3.8, 4) is 0 Å². The molecule has 0 aliphatic heterocycles. The van der Waals surface area contributed by atoms with Gasteiger partial charge in [-0.25, -0.2) is 4.39 Å². The van der Waals surface area contributed by atoms with Crippen LogP contribution < -0.4 is 10.6 Å². The second kappa shape index (κ2) is 8.79. The number of benzene rings is 2. The van der Waals surface area contributed by atoms with E-state index in [-0.39, 0.29) is 18.9 Å². The van der Waals surface area contributed by atoms with Crippen LogP contribution in [0.1, 0.15) is 23.7 Å². The van der Waals surface area contributed by atoms with Crippen LogP contribution in [0.3, 0.4) is 0 Å². The average molecular weight is 330 g/mol. The van der Waals surface area contributed by atoms with Crippen LogP contribution in [0, 0.1) is 5.82 Å². The molecule has 0 aliphatic rings. The summed E-state index contributed by atoms with van der Waals surface area (Å²) in [5.41, 5.74) is 1.45. The minimum absolute atomic E-state index is 0.138. The molecule has 2 aromatic carbocycles. The molecule has 3 N–H and O–H groups in total. The van der Waals surface area contributed by atoms with Crippen LogP contribution in [-0.2, 0) is 16.1 Å². The van der Waals surface area contributed by atoms with Gasteiger partial charge in [-0.2, -0.15) is 0 Å². The van der Waals surface area contributed by atoms with Crippen molar-refractivity contribution in [3.63, 3.8) is 0 Å². The van der Waals surface area contributed by atoms with E-state index in [1.807, 2.05) is 18.2 Å². The number of amides is 2. The van der Waals surface area contributed by atoms with Gasteiger partial charge in [-0.3, -0.25) is 9.59 Å². The van der Waals surface area contributed by atoms with Gasteiger partial charge in [0, 0.05) is 13.1 Å². The predicted octanol–water partition coefficient (Wildman–Crippen LogP) is 1.68. The number of hydrogen-bond donors (Lipinski definition) is 3. The van der Waals surface area contributed by atoms with E-state index in [4.69, 9.17) is 0 Å². The first-order valence-electron chi connectivity index (χ1n) is 7.60. The van der Waals surface area contributed by atoms with Crippen LogP contribution in [0.5, 0.6) is 0 Å². The average Bonchev–Trinajstić information content (AvgIpc) is 2.61. The molecule has 0 unspecified atom stereocenters. The SMILES string of the molecule is O=C(NCC[C@H](O)c1ccccc1)C(=O)NCc1ccc(F)cc1. The van der Waals surface area contributed by atoms with Gasteiger partial charge in [-0.05, 0) is 29.7 Å². The quantitative estimate of drug-likeness (QED) is 0.705. The zero-order valence-electron chi connectivity index (χ0n) is 13.0. The second-order valence-corrected chi connectivity index (χ2v) is 5.28. The third-order valence-electron chi connectivity index (χ3n) is 3.46. The maximum absolute atomic E-state index is 12.8. The lowest BCUT2D eigenvalue weighted by atomic mass is 10.1. The molecule has 6 heteroatoms. The molecular weight excluding hydrogens is 311 g/mol. The van der Waals surface area contributed by atoms with Crippen LogP contribution in [0.2, 0.25) is 0 Å². The summed E-state index contributed by atoms with van der Waals surface area (Å²) in [4.78, 5) is 23.3. The van der Waals surface area contributed by atoms with E-state index in [0.29, 0.717) is 12.0 Å². The lowest BCUT2D eigenvalue weighted by Crippen LogP contribution is -2.40. The Balaban J connectivity index is 1.70. The van der Waals surface area contributed by atoms with Crippen molar-refractivity contribution in [2.75, 3.05) is 6.54 Å². The second-order valence-electron chi connectivity index (χ2n) is 5.28. The van der Waals surface area contributed by atoms with E-state index in [0.717, 1.165) is 5.56 Å². The van der Waals surface area contributed by atoms with Crippen molar-refractivity contribution >= 4 is 11.8 Å². The maximum atomic E-state index is 12.8. The molecule has 0 aromatic heterocycles. The van der Waals surface area contributed by atoms with E-state index in [2.05, 4.69) is 10.6 Å². The molecule has 0 spiro atoms. The molecule has 2 amide bonds. The highest BCUT2D eigenvalue weighted by atomic mass is 19.1. The smallest absolute Gasteiger partial charge is 0.309 e. The van der Waals surface area contributed by atoms with Gasteiger partial charge >= 0.3 is 11.8 Å². The molecule has 0 bridgehead atoms. The Kier molecular flexibility index (Phi) is 6.45. The Bertz CT molecular complexity index is 674. The molecule has 0 heterocycles. The highest BCUT2D eigenvalue weighted by molar-refractivity contribution is 6.35. The van der Waals surface area contributed by atoms with Crippen molar-refractivity contribution in [1.82, 2.24) is 10.6 Å². The number of aliphatic hydroxyl groups is 1. The fraction of sp³-hybridized carbons (Fsp3) is 0.222. The van der Waals surface area contributed by atoms with Gasteiger partial charge < -0.3 is 15.7 Å². The van der Waals surface area contributed by atoms with Gasteiger partial charge in [0.2, 0.25) is 0 Å². The van der Waals surface area contributed by atoms with Crippen molar-refractivity contribution in [2.24, 2.45) is 0 Å². The third kappa shape index (κ3) is 5.48. The summed E-state index contributed by atoms with van der Waals surface area (Å²) in [6.45, 7) is 0.317. The molecule has 0 aliphatic carbocycles. The molecule has 0 saturated carbocycles. The monoisotopic (exact) mass is 330 g/mol. The van der Waals surface area contributed by atoms with Crippen LogP contribution in [-0.4, -0.2) is 23.5 Å². The molecule has 0 saturated heterocycles. The fourth-order valence-corrected chi connectivity index (χ4v) is 2.11. The van der Waals surface area contributed by atoms with Crippen LogP contribution in [0.25, 0.3) is 0 Å². The Hall–Kier alpha value is -2.73. The zero-order valence-corrected chi connectivity index (χ0v) is 13.0. The van der Waals surface area contributed by atoms with E-state index < -0.39 is 17.9 Å². The lowest BCUT2D eigenvalue weighted by molar-refractivity contribution is -0.139. The van der Waals surface area contributed by atoms with Gasteiger partial charge in [-0.1, -0.05) is 42.5 Å². The number of halogens is 1. The third-order valence-corrected chi connectivity index (χ3v) is 3.46. The van der Waals surface area contributed by atoms with Gasteiger partial charge in [0.1, 0.15) is 5.82 Å². The van der Waals surface area contributed by atoms with Crippen molar-refractivity contribution < 1.29 is 19.1 Å². The van der Waals surface area contributed by atoms with Crippen LogP contribution in [0.15, 0.2) is 54.6 Å². The normalized spacial score (nSPS) is 11.6. The number of carbonyl (C=O) groups excluding carboxylic acids is 2. The summed E-state index contributed by atoms with van der Waals surface area (Å²) in [7, 11) is 0. The zero-order chi connectivity index (χ0) is 17.4. The van der Waals surface area contributed by atoms with Gasteiger partial charge in [0.05, 0.1) is 6.10 Å². The molecular formula is C18H19FN2O3. The number of hydrogen-bond acceptors (Lipinski definition) is 3. The highest BCUT2D eigenvalue weighted by Crippen LogP contribution is 2.14. The molecule has 2 aromatic rings. The Morgan fingerprint density at radius 3 is 2.25 bits per heavy atom. The Labute approximate surface area is 139 Å². The number of rotatable bonds is 6. The predicted molar refractivity (Wildman–Crippen MR) is 87.3 cm³/mol. The van der Waals surface area contributed by atoms with E-state index in [9.17, 15) is 19.1 Å². The van der Waals surface area contributed by atoms with Gasteiger partial charge in [-0.15, -0.1) is 0 Å². The standard InChI is InChI=1S/C18H19FN2O3/c19-15-8-6-13(7-9-15)12-21-18(24)17(23)20-11-10-16(22)14-4-2-1-3-5-14/h1-9,16,22H,10-12H2,(H,20,23)(H,21,24)/t16-/m0/s1. The van der Waals surface area contributed by atoms with E-state index in [1.54, 1.807) is 12.1 Å². The Morgan fingerprint density at radius 1 is 0.958 bits per heavy atom. The van der Waals surface area contributed by atoms with Crippen LogP contribution in [0.4, 0.5) is 4.39 Å². The van der Waals surface area contributed by atoms with E-state index in [1.165, 1.54) is 24.3 Å². The summed E-state index contributed by atoms with van der Waals surface area (Å²) in [5.74, 6) is -1.90. The van der Waals surface area contributed by atoms with Gasteiger partial charge in [0.15, 0.2) is 0 Å². The summed E-state index contributed by atoms with van der Waals surface area (Å²) < 4.78 is 12.8. The van der Waals surface area contributed by atoms with E-state index >= 15 is 0 Å². The molecule has 24 heavy (non-hydrogen) atoms. The topological polar surface area (TPSA) is 78.4 Å². The molecule has 0 fully saturated rings. The lowest BCUT2D eigenvalue weighted by Gasteiger charge is -2.11. The number of nitrogens with one attached hydrogen (secondary N) is 2. The summed E-state index contributed by atoms with van der Waals surface area (Å²) in [6, 6.07) is 14.7. The summed E-state index contributed by atoms with van der Waals surface area (Å²) >= 11 is 0. The summed E-state index contributed by atoms with van der Waals surface area (Å²) in [5, 5.41) is 14.9. The van der Waals surface area contributed by atoms with Crippen molar-refractivity contribution in [2.45, 2.75) is 19.1 Å². The molecule has 1 atom stereocenters. The van der Waals surface area contributed by atoms with Crippen LogP contribution >= 0.6 is 0 Å². The summed E-state index contributed by atoms with van der Waals surface area (Å²) in [6.07, 6.45) is -0.394. The van der Waals surface area contributed by atoms with Gasteiger partial charge in [0.25, 0.3) is 0 Å². The molecule has 5 nitrogen and oxygen atoms in total. The molecule has 2 rings (SSSR count). The first-order chi connectivity index (χ1) is 11.6. The number of carbonyl (C=O) groups is 2. The van der Waals surface area contributed by atoms with Crippen molar-refractivity contribution in [1.29, 1.82) is 0 Å². The van der Waals surface area contributed by atoms with Crippen molar-refractivity contribution in [3.05, 3.63) is 71.5 Å². The highest BCUT2D eigenvalue weighted by Gasteiger charge is 2.13. The molecule has 0 radical (unpaired) electrons. The molecule has 126 valence electrons. The fourth-order valence-electron chi connectivity index (χ4n) is 2.11. The first-order valence-corrected chi connectivity index (χ1v) is 7.60. The first kappa shape index (κ1) is 17.6. The largest absolute Gasteiger partial charge is 0.388 e. The minimum atomic E-state index is -0.770. The maximum Gasteiger partial charge on any atom is 0.309 e. The minimum Gasteiger partial charge on any atom is -0.388 e. The number of aliphatic hydroxyl groups excluding tert-OH is 1.